The van der Waals surface area contributed by atoms with Crippen molar-refractivity contribution < 1.29 is 14.3 Å². The van der Waals surface area contributed by atoms with Crippen LogP contribution < -0.4 is 5.73 Å². The molecule has 1 aliphatic rings. The normalized spacial score (nSPS) is 22.2. The number of rotatable bonds is 4. The Bertz CT molecular complexity index is 978. The van der Waals surface area contributed by atoms with Crippen molar-refractivity contribution in [2.75, 3.05) is 12.3 Å². The van der Waals surface area contributed by atoms with Crippen LogP contribution in [0.15, 0.2) is 36.7 Å². The van der Waals surface area contributed by atoms with Crippen LogP contribution in [0, 0.1) is 5.92 Å². The van der Waals surface area contributed by atoms with E-state index in [9.17, 15) is 4.79 Å². The standard InChI is InChI=1S/C18H18ClN5O3/c1-10-7-12(8-26-17(25)11-5-3-2-4-6-11)27-16(10)24-9-21-13-14(19)22-18(20)23-15(13)24/h2-6,9-10,12,16H,7-8H2,1H3,(H2,20,22,23). The van der Waals surface area contributed by atoms with Crippen LogP contribution in [-0.2, 0) is 9.47 Å². The smallest absolute Gasteiger partial charge is 0.338 e. The highest BCUT2D eigenvalue weighted by atomic mass is 35.5. The molecule has 2 N–H and O–H groups in total. The summed E-state index contributed by atoms with van der Waals surface area (Å²) >= 11 is 6.08. The fourth-order valence-electron chi connectivity index (χ4n) is 3.28. The van der Waals surface area contributed by atoms with Gasteiger partial charge in [0, 0.05) is 5.92 Å². The van der Waals surface area contributed by atoms with Gasteiger partial charge in [-0.2, -0.15) is 9.97 Å². The summed E-state index contributed by atoms with van der Waals surface area (Å²) < 4.78 is 13.3. The van der Waals surface area contributed by atoms with Gasteiger partial charge in [0.25, 0.3) is 0 Å². The number of nitrogen functional groups attached to an aromatic ring is 1. The molecule has 0 bridgehead atoms. The van der Waals surface area contributed by atoms with E-state index in [2.05, 4.69) is 21.9 Å². The lowest BCUT2D eigenvalue weighted by atomic mass is 10.1. The van der Waals surface area contributed by atoms with E-state index >= 15 is 0 Å². The van der Waals surface area contributed by atoms with E-state index in [0.717, 1.165) is 6.42 Å². The molecule has 3 atom stereocenters. The van der Waals surface area contributed by atoms with Gasteiger partial charge in [0.2, 0.25) is 5.95 Å². The van der Waals surface area contributed by atoms with Gasteiger partial charge in [-0.05, 0) is 18.6 Å². The van der Waals surface area contributed by atoms with Gasteiger partial charge in [0.05, 0.1) is 18.0 Å². The second kappa shape index (κ2) is 7.13. The number of carbonyl (C=O) groups is 1. The third kappa shape index (κ3) is 3.45. The zero-order chi connectivity index (χ0) is 19.0. The van der Waals surface area contributed by atoms with Crippen LogP contribution in [0.2, 0.25) is 5.15 Å². The van der Waals surface area contributed by atoms with E-state index in [4.69, 9.17) is 26.8 Å². The molecule has 1 fully saturated rings. The molecule has 3 heterocycles. The van der Waals surface area contributed by atoms with Crippen molar-refractivity contribution in [1.29, 1.82) is 0 Å². The lowest BCUT2D eigenvalue weighted by molar-refractivity contribution is -0.0376. The molecule has 3 unspecified atom stereocenters. The van der Waals surface area contributed by atoms with Crippen LogP contribution in [0.25, 0.3) is 11.2 Å². The minimum absolute atomic E-state index is 0.0771. The van der Waals surface area contributed by atoms with Gasteiger partial charge in [-0.1, -0.05) is 36.7 Å². The highest BCUT2D eigenvalue weighted by molar-refractivity contribution is 6.33. The zero-order valence-corrected chi connectivity index (χ0v) is 15.3. The first-order valence-corrected chi connectivity index (χ1v) is 8.94. The summed E-state index contributed by atoms with van der Waals surface area (Å²) in [6.07, 6.45) is 1.83. The van der Waals surface area contributed by atoms with Crippen LogP contribution in [-0.4, -0.2) is 38.2 Å². The number of halogens is 1. The third-order valence-electron chi connectivity index (χ3n) is 4.53. The molecule has 1 aromatic carbocycles. The van der Waals surface area contributed by atoms with Crippen molar-refractivity contribution in [2.45, 2.75) is 25.7 Å². The number of imidazole rings is 1. The van der Waals surface area contributed by atoms with Crippen molar-refractivity contribution >= 4 is 34.7 Å². The lowest BCUT2D eigenvalue weighted by Gasteiger charge is -2.17. The summed E-state index contributed by atoms with van der Waals surface area (Å²) in [5.41, 5.74) is 7.21. The van der Waals surface area contributed by atoms with Crippen molar-refractivity contribution in [3.63, 3.8) is 0 Å². The summed E-state index contributed by atoms with van der Waals surface area (Å²) in [5.74, 6) is -0.123. The second-order valence-corrected chi connectivity index (χ2v) is 6.88. The van der Waals surface area contributed by atoms with Gasteiger partial charge in [-0.3, -0.25) is 4.57 Å². The monoisotopic (exact) mass is 387 g/mol. The van der Waals surface area contributed by atoms with E-state index in [1.165, 1.54) is 0 Å². The number of anilines is 1. The van der Waals surface area contributed by atoms with Gasteiger partial charge >= 0.3 is 5.97 Å². The van der Waals surface area contributed by atoms with E-state index in [1.807, 2.05) is 6.07 Å². The Hall–Kier alpha value is -2.71. The molecule has 27 heavy (non-hydrogen) atoms. The molecule has 8 nitrogen and oxygen atoms in total. The third-order valence-corrected chi connectivity index (χ3v) is 4.80. The van der Waals surface area contributed by atoms with Crippen molar-refractivity contribution in [2.24, 2.45) is 5.92 Å². The van der Waals surface area contributed by atoms with E-state index in [-0.39, 0.29) is 41.9 Å². The molecule has 0 aliphatic carbocycles. The highest BCUT2D eigenvalue weighted by Crippen LogP contribution is 2.36. The minimum atomic E-state index is -0.365. The quantitative estimate of drug-likeness (QED) is 0.542. The number of esters is 1. The molecule has 1 saturated heterocycles. The summed E-state index contributed by atoms with van der Waals surface area (Å²) in [6, 6.07) is 8.87. The summed E-state index contributed by atoms with van der Waals surface area (Å²) in [4.78, 5) is 24.5. The Kier molecular flexibility index (Phi) is 4.67. The molecule has 3 aromatic rings. The average Bonchev–Trinajstić information content (AvgIpc) is 3.23. The maximum Gasteiger partial charge on any atom is 0.338 e. The Balaban J connectivity index is 1.47. The number of nitrogens with two attached hydrogens (primary N) is 1. The number of benzene rings is 1. The molecular weight excluding hydrogens is 370 g/mol. The summed E-state index contributed by atoms with van der Waals surface area (Å²) in [7, 11) is 0. The average molecular weight is 388 g/mol. The van der Waals surface area contributed by atoms with Crippen LogP contribution in [0.5, 0.6) is 0 Å². The molecule has 140 valence electrons. The first-order valence-electron chi connectivity index (χ1n) is 8.56. The van der Waals surface area contributed by atoms with Crippen LogP contribution in [0.1, 0.15) is 29.9 Å². The number of hydrogen-bond donors (Lipinski definition) is 1. The number of nitrogens with zero attached hydrogens (tertiary/aromatic N) is 4. The van der Waals surface area contributed by atoms with Gasteiger partial charge < -0.3 is 15.2 Å². The van der Waals surface area contributed by atoms with Gasteiger partial charge in [0.15, 0.2) is 10.8 Å². The number of ether oxygens (including phenoxy) is 2. The molecule has 0 amide bonds. The van der Waals surface area contributed by atoms with E-state index < -0.39 is 0 Å². The summed E-state index contributed by atoms with van der Waals surface area (Å²) in [6.45, 7) is 2.24. The fraction of sp³-hybridized carbons (Fsp3) is 0.333. The molecular formula is C18H18ClN5O3. The maximum absolute atomic E-state index is 12.1. The second-order valence-electron chi connectivity index (χ2n) is 6.52. The predicted molar refractivity (Wildman–Crippen MR) is 99.2 cm³/mol. The molecule has 1 aliphatic heterocycles. The largest absolute Gasteiger partial charge is 0.459 e. The van der Waals surface area contributed by atoms with E-state index in [1.54, 1.807) is 35.2 Å². The van der Waals surface area contributed by atoms with Crippen molar-refractivity contribution in [3.8, 4) is 0 Å². The van der Waals surface area contributed by atoms with Crippen molar-refractivity contribution in [1.82, 2.24) is 19.5 Å². The number of carbonyl (C=O) groups excluding carboxylic acids is 1. The molecule has 9 heteroatoms. The van der Waals surface area contributed by atoms with Gasteiger partial charge in [-0.25, -0.2) is 9.78 Å². The van der Waals surface area contributed by atoms with Crippen LogP contribution in [0.3, 0.4) is 0 Å². The van der Waals surface area contributed by atoms with Crippen molar-refractivity contribution in [3.05, 3.63) is 47.4 Å². The first kappa shape index (κ1) is 17.7. The Labute approximate surface area is 160 Å². The summed E-state index contributed by atoms with van der Waals surface area (Å²) in [5, 5.41) is 0.204. The Morgan fingerprint density at radius 2 is 2.15 bits per heavy atom. The van der Waals surface area contributed by atoms with Crippen LogP contribution >= 0.6 is 11.6 Å². The van der Waals surface area contributed by atoms with Gasteiger partial charge in [-0.15, -0.1) is 0 Å². The maximum atomic E-state index is 12.1. The minimum Gasteiger partial charge on any atom is -0.459 e. The van der Waals surface area contributed by atoms with Crippen LogP contribution in [0.4, 0.5) is 5.95 Å². The predicted octanol–water partition coefficient (Wildman–Crippen LogP) is 2.84. The zero-order valence-electron chi connectivity index (χ0n) is 14.6. The molecule has 0 spiro atoms. The fourth-order valence-corrected chi connectivity index (χ4v) is 3.50. The Morgan fingerprint density at radius 1 is 1.37 bits per heavy atom. The van der Waals surface area contributed by atoms with Gasteiger partial charge in [0.1, 0.15) is 18.4 Å². The molecule has 0 saturated carbocycles. The van der Waals surface area contributed by atoms with E-state index in [0.29, 0.717) is 16.7 Å². The SMILES string of the molecule is CC1CC(COC(=O)c2ccccc2)OC1n1cnc2c(Cl)nc(N)nc21. The number of hydrogen-bond acceptors (Lipinski definition) is 7. The number of fused-ring (bicyclic) bond motifs is 1. The first-order chi connectivity index (χ1) is 13.0. The molecule has 2 aromatic heterocycles. The Morgan fingerprint density at radius 3 is 2.93 bits per heavy atom. The topological polar surface area (TPSA) is 105 Å². The highest BCUT2D eigenvalue weighted by Gasteiger charge is 2.35. The molecule has 0 radical (unpaired) electrons. The molecule has 4 rings (SSSR count). The lowest BCUT2D eigenvalue weighted by Crippen LogP contribution is -2.19. The number of aromatic nitrogens is 4.